The van der Waals surface area contributed by atoms with E-state index in [4.69, 9.17) is 22.8 Å². The highest BCUT2D eigenvalue weighted by Gasteiger charge is 2.36. The largest absolute Gasteiger partial charge is 0.500 e. The monoisotopic (exact) mass is 376 g/mol. The first kappa shape index (κ1) is 20.1. The predicted molar refractivity (Wildman–Crippen MR) is 99.5 cm³/mol. The van der Waals surface area contributed by atoms with E-state index in [2.05, 4.69) is 0 Å². The molecule has 2 rings (SSSR count). The van der Waals surface area contributed by atoms with Gasteiger partial charge in [0.2, 0.25) is 0 Å². The molecule has 7 heteroatoms. The summed E-state index contributed by atoms with van der Waals surface area (Å²) in [6, 6.07) is 16.5. The molecule has 0 heterocycles. The zero-order chi connectivity index (χ0) is 18.8. The summed E-state index contributed by atoms with van der Waals surface area (Å²) < 4.78 is 27.2. The second-order valence-corrected chi connectivity index (χ2v) is 8.57. The van der Waals surface area contributed by atoms with Gasteiger partial charge in [0.1, 0.15) is 11.5 Å². The minimum Gasteiger partial charge on any atom is -0.493 e. The lowest BCUT2D eigenvalue weighted by molar-refractivity contribution is 0.0734. The van der Waals surface area contributed by atoms with Crippen LogP contribution < -0.4 is 9.47 Å². The van der Waals surface area contributed by atoms with Crippen LogP contribution in [-0.2, 0) is 13.3 Å². The van der Waals surface area contributed by atoms with Gasteiger partial charge in [0.05, 0.1) is 12.2 Å². The maximum absolute atomic E-state index is 12.1. The third-order valence-corrected chi connectivity index (χ3v) is 6.69. The molecule has 0 spiro atoms. The summed E-state index contributed by atoms with van der Waals surface area (Å²) in [5.41, 5.74) is 0.499. The van der Waals surface area contributed by atoms with Gasteiger partial charge >= 0.3 is 14.8 Å². The Morgan fingerprint density at radius 1 is 0.885 bits per heavy atom. The van der Waals surface area contributed by atoms with Gasteiger partial charge in [0.25, 0.3) is 0 Å². The van der Waals surface area contributed by atoms with Gasteiger partial charge < -0.3 is 22.8 Å². The van der Waals surface area contributed by atoms with Crippen molar-refractivity contribution in [1.82, 2.24) is 0 Å². The standard InChI is InChI=1S/C19H24O6Si/c1-21-26(22-2,23-3)14-8-13-24-17-11-7-12-18(15-17)25-19(20)16-9-5-4-6-10-16/h4-7,9-12,15H,8,13-14H2,1-3H3. The minimum atomic E-state index is -2.58. The molecule has 2 aromatic carbocycles. The Balaban J connectivity index is 1.86. The van der Waals surface area contributed by atoms with E-state index in [0.29, 0.717) is 29.7 Å². The maximum atomic E-state index is 12.1. The fourth-order valence-electron chi connectivity index (χ4n) is 2.40. The molecule has 0 radical (unpaired) electrons. The van der Waals surface area contributed by atoms with E-state index in [9.17, 15) is 4.79 Å². The highest BCUT2D eigenvalue weighted by atomic mass is 28.4. The molecule has 0 fully saturated rings. The Hall–Kier alpha value is -2.19. The van der Waals surface area contributed by atoms with Gasteiger partial charge in [0.15, 0.2) is 0 Å². The summed E-state index contributed by atoms with van der Waals surface area (Å²) >= 11 is 0. The molecule has 0 N–H and O–H groups in total. The van der Waals surface area contributed by atoms with Gasteiger partial charge in [-0.25, -0.2) is 4.79 Å². The van der Waals surface area contributed by atoms with Gasteiger partial charge in [-0.3, -0.25) is 0 Å². The van der Waals surface area contributed by atoms with Crippen molar-refractivity contribution in [3.05, 3.63) is 60.2 Å². The van der Waals surface area contributed by atoms with Crippen molar-refractivity contribution in [3.8, 4) is 11.5 Å². The van der Waals surface area contributed by atoms with Gasteiger partial charge in [0, 0.05) is 33.4 Å². The molecule has 0 saturated heterocycles. The van der Waals surface area contributed by atoms with Crippen molar-refractivity contribution in [2.24, 2.45) is 0 Å². The molecule has 6 nitrogen and oxygen atoms in total. The second kappa shape index (κ2) is 10.1. The molecule has 0 aliphatic rings. The van der Waals surface area contributed by atoms with Crippen LogP contribution in [0.4, 0.5) is 0 Å². The molecular weight excluding hydrogens is 352 g/mol. The first-order chi connectivity index (χ1) is 12.6. The number of carbonyl (C=O) groups excluding carboxylic acids is 1. The molecule has 0 aliphatic carbocycles. The molecule has 26 heavy (non-hydrogen) atoms. The van der Waals surface area contributed by atoms with Crippen LogP contribution in [0.15, 0.2) is 54.6 Å². The van der Waals surface area contributed by atoms with Gasteiger partial charge in [-0.05, 0) is 30.7 Å². The third kappa shape index (κ3) is 5.67. The van der Waals surface area contributed by atoms with Crippen molar-refractivity contribution < 1.29 is 27.5 Å². The molecule has 0 bridgehead atoms. The first-order valence-corrected chi connectivity index (χ1v) is 10.2. The second-order valence-electron chi connectivity index (χ2n) is 5.48. The van der Waals surface area contributed by atoms with Crippen molar-refractivity contribution in [2.75, 3.05) is 27.9 Å². The van der Waals surface area contributed by atoms with Crippen molar-refractivity contribution in [1.29, 1.82) is 0 Å². The fraction of sp³-hybridized carbons (Fsp3) is 0.316. The number of ether oxygens (including phenoxy) is 2. The number of rotatable bonds is 10. The van der Waals surface area contributed by atoms with E-state index in [1.54, 1.807) is 63.8 Å². The Labute approximate surface area is 155 Å². The third-order valence-electron chi connectivity index (χ3n) is 3.85. The van der Waals surface area contributed by atoms with Crippen LogP contribution in [0.1, 0.15) is 16.8 Å². The van der Waals surface area contributed by atoms with Crippen LogP contribution in [0.25, 0.3) is 0 Å². The SMILES string of the molecule is CO[Si](CCCOc1cccc(OC(=O)c2ccccc2)c1)(OC)OC. The average molecular weight is 376 g/mol. The van der Waals surface area contributed by atoms with Crippen LogP contribution in [0.5, 0.6) is 11.5 Å². The van der Waals surface area contributed by atoms with E-state index >= 15 is 0 Å². The zero-order valence-electron chi connectivity index (χ0n) is 15.3. The smallest absolute Gasteiger partial charge is 0.493 e. The molecule has 0 aliphatic heterocycles. The van der Waals surface area contributed by atoms with Gasteiger partial charge in [-0.1, -0.05) is 24.3 Å². The van der Waals surface area contributed by atoms with Gasteiger partial charge in [-0.2, -0.15) is 0 Å². The molecule has 0 atom stereocenters. The fourth-order valence-corrected chi connectivity index (χ4v) is 4.09. The highest BCUT2D eigenvalue weighted by molar-refractivity contribution is 6.60. The van der Waals surface area contributed by atoms with Crippen LogP contribution in [0.2, 0.25) is 6.04 Å². The topological polar surface area (TPSA) is 63.2 Å². The summed E-state index contributed by atoms with van der Waals surface area (Å²) in [5, 5.41) is 0. The molecule has 140 valence electrons. The molecule has 0 aromatic heterocycles. The van der Waals surface area contributed by atoms with Crippen LogP contribution >= 0.6 is 0 Å². The summed E-state index contributed by atoms with van der Waals surface area (Å²) in [7, 11) is 2.19. The molecule has 0 saturated carbocycles. The highest BCUT2D eigenvalue weighted by Crippen LogP contribution is 2.21. The van der Waals surface area contributed by atoms with Crippen molar-refractivity contribution in [3.63, 3.8) is 0 Å². The average Bonchev–Trinajstić information content (AvgIpc) is 2.70. The lowest BCUT2D eigenvalue weighted by Gasteiger charge is -2.24. The number of carbonyl (C=O) groups is 1. The Morgan fingerprint density at radius 3 is 2.19 bits per heavy atom. The van der Waals surface area contributed by atoms with Crippen LogP contribution in [0.3, 0.4) is 0 Å². The van der Waals surface area contributed by atoms with Gasteiger partial charge in [-0.15, -0.1) is 0 Å². The normalized spacial score (nSPS) is 11.2. The predicted octanol–water partition coefficient (Wildman–Crippen LogP) is 3.55. The Morgan fingerprint density at radius 2 is 1.54 bits per heavy atom. The lowest BCUT2D eigenvalue weighted by atomic mass is 10.2. The van der Waals surface area contributed by atoms with Crippen molar-refractivity contribution >= 4 is 14.8 Å². The number of benzene rings is 2. The number of hydrogen-bond donors (Lipinski definition) is 0. The molecular formula is C19H24O6Si. The van der Waals surface area contributed by atoms with E-state index in [0.717, 1.165) is 6.42 Å². The lowest BCUT2D eigenvalue weighted by Crippen LogP contribution is -2.42. The van der Waals surface area contributed by atoms with E-state index in [-0.39, 0.29) is 0 Å². The zero-order valence-corrected chi connectivity index (χ0v) is 16.3. The number of esters is 1. The molecule has 0 unspecified atom stereocenters. The maximum Gasteiger partial charge on any atom is 0.500 e. The summed E-state index contributed by atoms with van der Waals surface area (Å²) in [4.78, 5) is 12.1. The molecule has 0 amide bonds. The minimum absolute atomic E-state index is 0.404. The molecule has 2 aromatic rings. The van der Waals surface area contributed by atoms with E-state index < -0.39 is 14.8 Å². The first-order valence-electron chi connectivity index (χ1n) is 8.28. The van der Waals surface area contributed by atoms with Crippen LogP contribution in [0, 0.1) is 0 Å². The Kier molecular flexibility index (Phi) is 7.80. The Bertz CT molecular complexity index is 679. The van der Waals surface area contributed by atoms with Crippen LogP contribution in [-0.4, -0.2) is 42.7 Å². The van der Waals surface area contributed by atoms with Crippen molar-refractivity contribution in [2.45, 2.75) is 12.5 Å². The van der Waals surface area contributed by atoms with E-state index in [1.165, 1.54) is 0 Å². The summed E-state index contributed by atoms with van der Waals surface area (Å²) in [6.07, 6.45) is 0.718. The quantitative estimate of drug-likeness (QED) is 0.273. The summed E-state index contributed by atoms with van der Waals surface area (Å²) in [5.74, 6) is 0.660. The number of hydrogen-bond acceptors (Lipinski definition) is 6. The van der Waals surface area contributed by atoms with E-state index in [1.807, 2.05) is 12.1 Å². The summed E-state index contributed by atoms with van der Waals surface area (Å²) in [6.45, 7) is 0.473.